The number of Topliss-reactive ketones (excluding diaryl/α,β-unsaturated/α-hetero) is 2. The van der Waals surface area contributed by atoms with Crippen molar-refractivity contribution in [2.75, 3.05) is 14.1 Å². The van der Waals surface area contributed by atoms with E-state index in [-0.39, 0.29) is 11.6 Å². The molecular weight excluding hydrogens is 587 g/mol. The third-order valence-electron chi connectivity index (χ3n) is 10.7. The van der Waals surface area contributed by atoms with Gasteiger partial charge in [0.1, 0.15) is 0 Å². The highest BCUT2D eigenvalue weighted by molar-refractivity contribution is 6.12. The van der Waals surface area contributed by atoms with E-state index in [1.807, 2.05) is 49.3 Å². The van der Waals surface area contributed by atoms with E-state index in [2.05, 4.69) is 13.8 Å². The van der Waals surface area contributed by atoms with E-state index in [4.69, 9.17) is 0 Å². The van der Waals surface area contributed by atoms with Gasteiger partial charge in [0.15, 0.2) is 17.1 Å². The maximum Gasteiger partial charge on any atom is 0.165 e. The van der Waals surface area contributed by atoms with Crippen molar-refractivity contribution >= 4 is 11.6 Å². The monoisotopic (exact) mass is 668 g/mol. The fourth-order valence-corrected chi connectivity index (χ4v) is 7.59. The predicted octanol–water partition coefficient (Wildman–Crippen LogP) is 14.1. The Labute approximate surface area is 300 Å². The van der Waals surface area contributed by atoms with Crippen LogP contribution in [-0.2, 0) is 15.1 Å². The zero-order valence-electron chi connectivity index (χ0n) is 32.8. The molecule has 1 rings (SSSR count). The summed E-state index contributed by atoms with van der Waals surface area (Å²) in [4.78, 5) is 29.9. The largest absolute Gasteiger partial charge is 0.297 e. The molecule has 0 atom stereocenters. The Bertz CT molecular complexity index is 817. The lowest BCUT2D eigenvalue weighted by Gasteiger charge is -2.38. The quantitative estimate of drug-likeness (QED) is 0.0528. The summed E-state index contributed by atoms with van der Waals surface area (Å²) in [7, 11) is 3.84. The Morgan fingerprint density at radius 1 is 0.417 bits per heavy atom. The van der Waals surface area contributed by atoms with E-state index in [0.29, 0.717) is 12.8 Å². The molecule has 0 spiro atoms. The minimum absolute atomic E-state index is 0.0827. The highest BCUT2D eigenvalue weighted by atomic mass is 16.2. The van der Waals surface area contributed by atoms with Gasteiger partial charge >= 0.3 is 0 Å². The number of ketones is 2. The average Bonchev–Trinajstić information content (AvgIpc) is 3.09. The molecule has 0 N–H and O–H groups in total. The van der Waals surface area contributed by atoms with Gasteiger partial charge in [0, 0.05) is 12.8 Å². The van der Waals surface area contributed by atoms with E-state index >= 15 is 0 Å². The Hall–Kier alpha value is -1.48. The van der Waals surface area contributed by atoms with E-state index in [1.165, 1.54) is 167 Å². The smallest absolute Gasteiger partial charge is 0.165 e. The lowest BCUT2D eigenvalue weighted by molar-refractivity contribution is -0.143. The predicted molar refractivity (Wildman–Crippen MR) is 211 cm³/mol. The third-order valence-corrected chi connectivity index (χ3v) is 10.7. The van der Waals surface area contributed by atoms with Crippen molar-refractivity contribution in [1.82, 2.24) is 4.90 Å². The zero-order chi connectivity index (χ0) is 35.0. The summed E-state index contributed by atoms with van der Waals surface area (Å²) < 4.78 is 0. The lowest BCUT2D eigenvalue weighted by Crippen LogP contribution is -2.54. The fraction of sp³-hybridized carbons (Fsp3) is 0.822. The molecule has 1 aromatic rings. The van der Waals surface area contributed by atoms with E-state index < -0.39 is 5.54 Å². The molecule has 0 aliphatic rings. The maximum atomic E-state index is 14.0. The summed E-state index contributed by atoms with van der Waals surface area (Å²) in [6.45, 7) is 4.57. The molecule has 0 aromatic heterocycles. The van der Waals surface area contributed by atoms with Crippen molar-refractivity contribution in [3.8, 4) is 0 Å². The lowest BCUT2D eigenvalue weighted by atomic mass is 9.77. The van der Waals surface area contributed by atoms with Gasteiger partial charge in [0.2, 0.25) is 0 Å². The van der Waals surface area contributed by atoms with Crippen LogP contribution in [0.25, 0.3) is 0 Å². The van der Waals surface area contributed by atoms with Gasteiger partial charge in [-0.3, -0.25) is 14.5 Å². The van der Waals surface area contributed by atoms with Crippen molar-refractivity contribution in [3.05, 3.63) is 35.9 Å². The first-order valence-corrected chi connectivity index (χ1v) is 21.3. The molecule has 0 amide bonds. The number of benzene rings is 1. The van der Waals surface area contributed by atoms with Gasteiger partial charge in [0.05, 0.1) is 0 Å². The molecule has 0 radical (unpaired) electrons. The topological polar surface area (TPSA) is 37.4 Å². The SMILES string of the molecule is CCCCCCCCCCCCCCCCCC(=O)C(C(=O)CCCCCCCCCCCCCCCCC)(c1ccccc1)N(C)C. The summed E-state index contributed by atoms with van der Waals surface area (Å²) in [6.07, 6.45) is 40.3. The molecule has 0 saturated heterocycles. The standard InChI is InChI=1S/C45H81NO2/c1-5-7-9-11-13-15-17-19-21-23-25-27-29-31-36-40-43(47)45(46(3)4,42-38-34-33-35-39-42)44(48)41-37-32-30-28-26-24-22-20-18-16-14-12-10-8-6-2/h33-35,38-39H,5-32,36-37,40-41H2,1-4H3. The van der Waals surface area contributed by atoms with Crippen LogP contribution in [0.15, 0.2) is 30.3 Å². The number of rotatable bonds is 36. The first-order valence-electron chi connectivity index (χ1n) is 21.3. The molecule has 1 aromatic carbocycles. The van der Waals surface area contributed by atoms with Crippen molar-refractivity contribution < 1.29 is 9.59 Å². The second kappa shape index (κ2) is 31.5. The highest BCUT2D eigenvalue weighted by Gasteiger charge is 2.47. The second-order valence-corrected chi connectivity index (χ2v) is 15.2. The first kappa shape index (κ1) is 44.5. The van der Waals surface area contributed by atoms with Crippen molar-refractivity contribution in [3.63, 3.8) is 0 Å². The van der Waals surface area contributed by atoms with Crippen LogP contribution in [0.4, 0.5) is 0 Å². The number of carbonyl (C=O) groups is 2. The molecule has 0 unspecified atom stereocenters. The maximum absolute atomic E-state index is 14.0. The second-order valence-electron chi connectivity index (χ2n) is 15.2. The normalized spacial score (nSPS) is 11.9. The number of nitrogens with zero attached hydrogens (tertiary/aromatic N) is 1. The van der Waals surface area contributed by atoms with Gasteiger partial charge in [-0.25, -0.2) is 0 Å². The molecule has 0 saturated carbocycles. The van der Waals surface area contributed by atoms with Gasteiger partial charge < -0.3 is 0 Å². The van der Waals surface area contributed by atoms with Gasteiger partial charge in [-0.2, -0.15) is 0 Å². The first-order chi connectivity index (χ1) is 23.5. The van der Waals surface area contributed by atoms with Gasteiger partial charge in [-0.1, -0.05) is 224 Å². The van der Waals surface area contributed by atoms with E-state index in [0.717, 1.165) is 31.2 Å². The molecule has 3 nitrogen and oxygen atoms in total. The van der Waals surface area contributed by atoms with Crippen LogP contribution in [0.2, 0.25) is 0 Å². The van der Waals surface area contributed by atoms with Gasteiger partial charge in [-0.15, -0.1) is 0 Å². The molecular formula is C45H81NO2. The van der Waals surface area contributed by atoms with Crippen LogP contribution < -0.4 is 0 Å². The molecule has 0 heterocycles. The summed E-state index contributed by atoms with van der Waals surface area (Å²) in [5.41, 5.74) is -0.320. The zero-order valence-corrected chi connectivity index (χ0v) is 32.8. The molecule has 0 fully saturated rings. The van der Waals surface area contributed by atoms with Gasteiger partial charge in [-0.05, 0) is 32.5 Å². The summed E-state index contributed by atoms with van der Waals surface area (Å²) in [6, 6.07) is 9.87. The Kier molecular flexibility index (Phi) is 29.2. The highest BCUT2D eigenvalue weighted by Crippen LogP contribution is 2.33. The molecule has 278 valence electrons. The average molecular weight is 668 g/mol. The van der Waals surface area contributed by atoms with Crippen LogP contribution in [0.1, 0.15) is 225 Å². The van der Waals surface area contributed by atoms with E-state index in [1.54, 1.807) is 0 Å². The fourth-order valence-electron chi connectivity index (χ4n) is 7.59. The van der Waals surface area contributed by atoms with E-state index in [9.17, 15) is 9.59 Å². The van der Waals surface area contributed by atoms with Crippen molar-refractivity contribution in [2.45, 2.75) is 225 Å². The van der Waals surface area contributed by atoms with Crippen LogP contribution in [0.3, 0.4) is 0 Å². The Balaban J connectivity index is 2.33. The summed E-state index contributed by atoms with van der Waals surface area (Å²) in [5, 5.41) is 0. The molecule has 48 heavy (non-hydrogen) atoms. The number of hydrogen-bond donors (Lipinski definition) is 0. The number of hydrogen-bond acceptors (Lipinski definition) is 3. The van der Waals surface area contributed by atoms with Crippen molar-refractivity contribution in [1.29, 1.82) is 0 Å². The number of carbonyl (C=O) groups excluding carboxylic acids is 2. The third kappa shape index (κ3) is 20.3. The number of unbranched alkanes of at least 4 members (excludes halogenated alkanes) is 28. The molecule has 0 aliphatic carbocycles. The summed E-state index contributed by atoms with van der Waals surface area (Å²) >= 11 is 0. The molecule has 0 bridgehead atoms. The van der Waals surface area contributed by atoms with Crippen LogP contribution in [0, 0.1) is 0 Å². The number of likely N-dealkylation sites (N-methyl/N-ethyl adjacent to an activating group) is 1. The van der Waals surface area contributed by atoms with Gasteiger partial charge in [0.25, 0.3) is 0 Å². The van der Waals surface area contributed by atoms with Crippen LogP contribution >= 0.6 is 0 Å². The minimum Gasteiger partial charge on any atom is -0.297 e. The molecule has 3 heteroatoms. The molecule has 0 aliphatic heterocycles. The van der Waals surface area contributed by atoms with Crippen molar-refractivity contribution in [2.24, 2.45) is 0 Å². The Morgan fingerprint density at radius 3 is 0.917 bits per heavy atom. The Morgan fingerprint density at radius 2 is 0.667 bits per heavy atom. The minimum atomic E-state index is -1.16. The van der Waals surface area contributed by atoms with Crippen LogP contribution in [0.5, 0.6) is 0 Å². The van der Waals surface area contributed by atoms with Crippen LogP contribution in [-0.4, -0.2) is 30.6 Å². The summed E-state index contributed by atoms with van der Waals surface area (Å²) in [5.74, 6) is 0.165.